The van der Waals surface area contributed by atoms with Crippen molar-refractivity contribution in [3.63, 3.8) is 0 Å². The zero-order chi connectivity index (χ0) is 10.1. The van der Waals surface area contributed by atoms with Gasteiger partial charge in [0.2, 0.25) is 0 Å². The first-order chi connectivity index (χ1) is 5.90. The Morgan fingerprint density at radius 2 is 2.15 bits per heavy atom. The monoisotopic (exact) mass is 202 g/mol. The average molecular weight is 202 g/mol. The molecule has 13 heavy (non-hydrogen) atoms. The van der Waals surface area contributed by atoms with E-state index in [9.17, 15) is 4.79 Å². The van der Waals surface area contributed by atoms with Gasteiger partial charge in [0.05, 0.1) is 18.6 Å². The van der Waals surface area contributed by atoms with Crippen LogP contribution in [0, 0.1) is 5.92 Å². The van der Waals surface area contributed by atoms with E-state index < -0.39 is 8.32 Å². The molecule has 0 saturated carbocycles. The number of esters is 1. The summed E-state index contributed by atoms with van der Waals surface area (Å²) < 4.78 is 10.7. The van der Waals surface area contributed by atoms with E-state index in [1.807, 2.05) is 6.92 Å². The minimum absolute atomic E-state index is 0.0154. The van der Waals surface area contributed by atoms with Gasteiger partial charge in [-0.05, 0) is 33.0 Å². The largest absolute Gasteiger partial charge is 0.465 e. The molecule has 0 aliphatic carbocycles. The third-order valence-corrected chi connectivity index (χ3v) is 3.16. The topological polar surface area (TPSA) is 35.5 Å². The lowest BCUT2D eigenvalue weighted by Crippen LogP contribution is -2.36. The SMILES string of the molecule is CC(O[Si](C)(C)C)C1CCOC1=O. The first kappa shape index (κ1) is 10.7. The van der Waals surface area contributed by atoms with Crippen molar-refractivity contribution in [2.45, 2.75) is 39.1 Å². The molecule has 0 amide bonds. The minimum Gasteiger partial charge on any atom is -0.465 e. The zero-order valence-electron chi connectivity index (χ0n) is 8.79. The van der Waals surface area contributed by atoms with E-state index in [2.05, 4.69) is 19.6 Å². The Morgan fingerprint density at radius 3 is 2.54 bits per heavy atom. The number of rotatable bonds is 3. The van der Waals surface area contributed by atoms with Crippen LogP contribution in [0.5, 0.6) is 0 Å². The minimum atomic E-state index is -1.53. The van der Waals surface area contributed by atoms with Crippen LogP contribution in [0.15, 0.2) is 0 Å². The van der Waals surface area contributed by atoms with Crippen LogP contribution in [-0.4, -0.2) is 27.0 Å². The van der Waals surface area contributed by atoms with E-state index >= 15 is 0 Å². The molecule has 1 aliphatic rings. The molecule has 0 aromatic carbocycles. The third-order valence-electron chi connectivity index (χ3n) is 2.08. The van der Waals surface area contributed by atoms with Crippen LogP contribution < -0.4 is 0 Å². The van der Waals surface area contributed by atoms with Gasteiger partial charge in [-0.1, -0.05) is 0 Å². The number of hydrogen-bond acceptors (Lipinski definition) is 3. The Kier molecular flexibility index (Phi) is 3.13. The predicted molar refractivity (Wildman–Crippen MR) is 53.0 cm³/mol. The van der Waals surface area contributed by atoms with Gasteiger partial charge in [0.15, 0.2) is 8.32 Å². The van der Waals surface area contributed by atoms with Gasteiger partial charge in [-0.15, -0.1) is 0 Å². The van der Waals surface area contributed by atoms with Crippen molar-refractivity contribution in [3.05, 3.63) is 0 Å². The second kappa shape index (κ2) is 3.80. The van der Waals surface area contributed by atoms with Crippen LogP contribution >= 0.6 is 0 Å². The Balaban J connectivity index is 2.47. The molecule has 0 aromatic rings. The van der Waals surface area contributed by atoms with Crippen molar-refractivity contribution >= 4 is 14.3 Å². The maximum Gasteiger partial charge on any atom is 0.311 e. The van der Waals surface area contributed by atoms with Crippen LogP contribution in [0.4, 0.5) is 0 Å². The summed E-state index contributed by atoms with van der Waals surface area (Å²) in [5.74, 6) is -0.127. The van der Waals surface area contributed by atoms with Gasteiger partial charge in [0.1, 0.15) is 0 Å². The highest BCUT2D eigenvalue weighted by Gasteiger charge is 2.34. The van der Waals surface area contributed by atoms with E-state index in [4.69, 9.17) is 9.16 Å². The van der Waals surface area contributed by atoms with Gasteiger partial charge in [-0.3, -0.25) is 4.79 Å². The Labute approximate surface area is 80.5 Å². The normalized spacial score (nSPS) is 25.8. The highest BCUT2D eigenvalue weighted by molar-refractivity contribution is 6.69. The molecule has 1 saturated heterocycles. The van der Waals surface area contributed by atoms with Crippen molar-refractivity contribution < 1.29 is 14.0 Å². The Hall–Kier alpha value is -0.353. The zero-order valence-corrected chi connectivity index (χ0v) is 9.79. The van der Waals surface area contributed by atoms with Gasteiger partial charge in [0, 0.05) is 0 Å². The third kappa shape index (κ3) is 3.12. The first-order valence-electron chi connectivity index (χ1n) is 4.74. The summed E-state index contributed by atoms with van der Waals surface area (Å²) in [7, 11) is -1.53. The number of cyclic esters (lactones) is 1. The maximum absolute atomic E-state index is 11.2. The van der Waals surface area contributed by atoms with E-state index in [0.29, 0.717) is 6.61 Å². The van der Waals surface area contributed by atoms with E-state index in [1.54, 1.807) is 0 Å². The molecule has 3 nitrogen and oxygen atoms in total. The van der Waals surface area contributed by atoms with Crippen molar-refractivity contribution in [3.8, 4) is 0 Å². The van der Waals surface area contributed by atoms with E-state index in [0.717, 1.165) is 6.42 Å². The van der Waals surface area contributed by atoms with Crippen molar-refractivity contribution in [1.29, 1.82) is 0 Å². The van der Waals surface area contributed by atoms with Gasteiger partial charge < -0.3 is 9.16 Å². The van der Waals surface area contributed by atoms with Crippen LogP contribution in [0.25, 0.3) is 0 Å². The van der Waals surface area contributed by atoms with Gasteiger partial charge in [-0.2, -0.15) is 0 Å². The van der Waals surface area contributed by atoms with Crippen LogP contribution in [0.3, 0.4) is 0 Å². The fourth-order valence-corrected chi connectivity index (χ4v) is 2.86. The quantitative estimate of drug-likeness (QED) is 0.517. The molecule has 0 N–H and O–H groups in total. The van der Waals surface area contributed by atoms with Crippen LogP contribution in [0.1, 0.15) is 13.3 Å². The lowest BCUT2D eigenvalue weighted by atomic mass is 10.0. The fourth-order valence-electron chi connectivity index (χ4n) is 1.58. The van der Waals surface area contributed by atoms with Gasteiger partial charge in [-0.25, -0.2) is 0 Å². The summed E-state index contributed by atoms with van der Waals surface area (Å²) in [6.07, 6.45) is 0.825. The predicted octanol–water partition coefficient (Wildman–Crippen LogP) is 1.79. The summed E-state index contributed by atoms with van der Waals surface area (Å²) in [5.41, 5.74) is 0. The molecule has 0 radical (unpaired) electrons. The molecule has 1 aliphatic heterocycles. The summed E-state index contributed by atoms with van der Waals surface area (Å²) in [5, 5.41) is 0. The molecule has 76 valence electrons. The smallest absolute Gasteiger partial charge is 0.311 e. The molecule has 1 heterocycles. The standard InChI is InChI=1S/C9H18O3Si/c1-7(12-13(2,3)4)8-5-6-11-9(8)10/h7-8H,5-6H2,1-4H3. The first-order valence-corrected chi connectivity index (χ1v) is 8.15. The molecule has 1 rings (SSSR count). The van der Waals surface area contributed by atoms with Crippen molar-refractivity contribution in [2.24, 2.45) is 5.92 Å². The second-order valence-corrected chi connectivity index (χ2v) is 8.96. The summed E-state index contributed by atoms with van der Waals surface area (Å²) >= 11 is 0. The molecular weight excluding hydrogens is 184 g/mol. The average Bonchev–Trinajstić information content (AvgIpc) is 2.30. The Bertz CT molecular complexity index is 198. The maximum atomic E-state index is 11.2. The molecule has 1 fully saturated rings. The van der Waals surface area contributed by atoms with Gasteiger partial charge >= 0.3 is 5.97 Å². The number of hydrogen-bond donors (Lipinski definition) is 0. The van der Waals surface area contributed by atoms with Crippen LogP contribution in [-0.2, 0) is 14.0 Å². The van der Waals surface area contributed by atoms with Crippen LogP contribution in [0.2, 0.25) is 19.6 Å². The molecule has 2 unspecified atom stereocenters. The molecule has 2 atom stereocenters. The second-order valence-electron chi connectivity index (χ2n) is 4.50. The number of carbonyl (C=O) groups excluding carboxylic acids is 1. The molecule has 0 bridgehead atoms. The number of carbonyl (C=O) groups is 1. The highest BCUT2D eigenvalue weighted by atomic mass is 28.4. The summed E-state index contributed by atoms with van der Waals surface area (Å²) in [6.45, 7) is 8.91. The van der Waals surface area contributed by atoms with E-state index in [1.165, 1.54) is 0 Å². The van der Waals surface area contributed by atoms with Crippen molar-refractivity contribution in [1.82, 2.24) is 0 Å². The van der Waals surface area contributed by atoms with Crippen molar-refractivity contribution in [2.75, 3.05) is 6.61 Å². The van der Waals surface area contributed by atoms with Gasteiger partial charge in [0.25, 0.3) is 0 Å². The highest BCUT2D eigenvalue weighted by Crippen LogP contribution is 2.23. The number of ether oxygens (including phenoxy) is 1. The van der Waals surface area contributed by atoms with E-state index in [-0.39, 0.29) is 18.0 Å². The summed E-state index contributed by atoms with van der Waals surface area (Å²) in [4.78, 5) is 11.2. The molecule has 0 aromatic heterocycles. The molecule has 0 spiro atoms. The molecule has 4 heteroatoms. The molecular formula is C9H18O3Si. The fraction of sp³-hybridized carbons (Fsp3) is 0.889. The summed E-state index contributed by atoms with van der Waals surface area (Å²) in [6, 6.07) is 0. The lowest BCUT2D eigenvalue weighted by molar-refractivity contribution is -0.143. The Morgan fingerprint density at radius 1 is 1.54 bits per heavy atom. The lowest BCUT2D eigenvalue weighted by Gasteiger charge is -2.25.